The molecule has 4 heterocycles. The zero-order valence-corrected chi connectivity index (χ0v) is 21.2. The average Bonchev–Trinajstić information content (AvgIpc) is 3.74. The number of hydrogen-bond acceptors (Lipinski definition) is 7. The van der Waals surface area contributed by atoms with E-state index in [4.69, 9.17) is 25.9 Å². The van der Waals surface area contributed by atoms with E-state index in [1.54, 1.807) is 6.33 Å². The van der Waals surface area contributed by atoms with Gasteiger partial charge in [-0.25, -0.2) is 15.0 Å². The van der Waals surface area contributed by atoms with Crippen molar-refractivity contribution in [2.45, 2.75) is 75.9 Å². The number of nitrogens with zero attached hydrogens (tertiary/aromatic N) is 4. The highest BCUT2D eigenvalue weighted by atomic mass is 16.8. The fourth-order valence-corrected chi connectivity index (χ4v) is 7.36. The molecule has 0 radical (unpaired) electrons. The van der Waals surface area contributed by atoms with Crippen molar-refractivity contribution in [2.75, 3.05) is 11.5 Å². The predicted molar refractivity (Wildman–Crippen MR) is 142 cm³/mol. The van der Waals surface area contributed by atoms with Gasteiger partial charge < -0.3 is 25.5 Å². The maximum absolute atomic E-state index is 6.59. The van der Waals surface area contributed by atoms with Crippen LogP contribution in [0.5, 0.6) is 0 Å². The first-order valence-corrected chi connectivity index (χ1v) is 13.4. The number of rotatable bonds is 5. The number of aromatic nitrogens is 4. The molecule has 190 valence electrons. The van der Waals surface area contributed by atoms with Gasteiger partial charge in [-0.2, -0.15) is 0 Å². The minimum absolute atomic E-state index is 0.0144. The van der Waals surface area contributed by atoms with Gasteiger partial charge in [-0.05, 0) is 87.1 Å². The van der Waals surface area contributed by atoms with Gasteiger partial charge in [0.05, 0.1) is 23.0 Å². The van der Waals surface area contributed by atoms with Gasteiger partial charge in [0, 0.05) is 17.0 Å². The summed E-state index contributed by atoms with van der Waals surface area (Å²) < 4.78 is 15.4. The summed E-state index contributed by atoms with van der Waals surface area (Å²) in [4.78, 5) is 13.5. The van der Waals surface area contributed by atoms with Crippen LogP contribution in [-0.2, 0) is 15.9 Å². The molecular weight excluding hydrogens is 464 g/mol. The Labute approximate surface area is 215 Å². The summed E-state index contributed by atoms with van der Waals surface area (Å²) in [6, 6.07) is 11.1. The Morgan fingerprint density at radius 3 is 2.76 bits per heavy atom. The monoisotopic (exact) mass is 496 g/mol. The normalized spacial score (nSPS) is 31.6. The van der Waals surface area contributed by atoms with Gasteiger partial charge in [0.15, 0.2) is 5.79 Å². The fraction of sp³-hybridized carbons (Fsp3) is 0.483. The second-order valence-corrected chi connectivity index (χ2v) is 12.0. The first-order valence-electron chi connectivity index (χ1n) is 13.4. The molecule has 8 heteroatoms. The summed E-state index contributed by atoms with van der Waals surface area (Å²) >= 11 is 0. The zero-order chi connectivity index (χ0) is 25.1. The Bertz CT molecular complexity index is 1580. The molecule has 1 aliphatic heterocycles. The predicted octanol–water partition coefficient (Wildman–Crippen LogP) is 4.74. The number of benzene rings is 1. The van der Waals surface area contributed by atoms with Crippen molar-refractivity contribution in [3.8, 4) is 0 Å². The molecule has 1 saturated heterocycles. The molecule has 8 nitrogen and oxygen atoms in total. The van der Waals surface area contributed by atoms with Crippen molar-refractivity contribution < 1.29 is 9.47 Å². The SMILES string of the molecule is CC1(C)O[C@H]2[C@H](n3ccc4c(N)ncnc43)[C@H]3C[C@@]3(CCc3ccc4cc(C5CC5)c(N)nc4c3)[C@H]2O1. The maximum Gasteiger partial charge on any atom is 0.163 e. The van der Waals surface area contributed by atoms with Gasteiger partial charge in [-0.1, -0.05) is 12.1 Å². The van der Waals surface area contributed by atoms with E-state index in [1.165, 1.54) is 29.4 Å². The molecule has 4 aromatic rings. The number of anilines is 2. The second-order valence-electron chi connectivity index (χ2n) is 12.0. The maximum atomic E-state index is 6.59. The molecule has 5 atom stereocenters. The molecule has 4 aliphatic rings. The van der Waals surface area contributed by atoms with Crippen LogP contribution in [0.2, 0.25) is 0 Å². The van der Waals surface area contributed by atoms with Gasteiger partial charge in [-0.3, -0.25) is 0 Å². The number of nitrogens with two attached hydrogens (primary N) is 2. The lowest BCUT2D eigenvalue weighted by Crippen LogP contribution is -2.32. The number of aryl methyl sites for hydroxylation is 1. The van der Waals surface area contributed by atoms with E-state index in [0.29, 0.717) is 23.5 Å². The van der Waals surface area contributed by atoms with E-state index in [9.17, 15) is 0 Å². The third-order valence-corrected chi connectivity index (χ3v) is 9.32. The Kier molecular flexibility index (Phi) is 4.25. The molecule has 4 fully saturated rings. The first kappa shape index (κ1) is 21.8. The minimum atomic E-state index is -0.602. The standard InChI is InChI=1S/C29H32N6O2/c1-28(2)36-23-22(35-10-8-18-25(30)32-14-33-27(18)35)20-13-29(20,24(23)37-28)9-7-15-3-4-17-12-19(16-5-6-16)26(31)34-21(17)11-15/h3-4,8,10-12,14,16,20,22-24H,5-7,9,13H2,1-2H3,(H2,31,34)(H2,30,32,33)/t20-,22-,23+,24+,29-/m1/s1. The zero-order valence-electron chi connectivity index (χ0n) is 21.2. The van der Waals surface area contributed by atoms with Crippen LogP contribution in [0.3, 0.4) is 0 Å². The summed E-state index contributed by atoms with van der Waals surface area (Å²) in [7, 11) is 0. The molecule has 4 N–H and O–H groups in total. The van der Waals surface area contributed by atoms with Crippen LogP contribution in [-0.4, -0.2) is 37.5 Å². The lowest BCUT2D eigenvalue weighted by Gasteiger charge is -2.24. The Morgan fingerprint density at radius 2 is 1.92 bits per heavy atom. The summed E-state index contributed by atoms with van der Waals surface area (Å²) in [5.74, 6) is 1.68. The molecule has 0 bridgehead atoms. The van der Waals surface area contributed by atoms with Crippen LogP contribution in [0.4, 0.5) is 11.6 Å². The number of fused-ring (bicyclic) bond motifs is 5. The van der Waals surface area contributed by atoms with Crippen LogP contribution in [0.15, 0.2) is 42.9 Å². The summed E-state index contributed by atoms with van der Waals surface area (Å²) in [5.41, 5.74) is 16.9. The van der Waals surface area contributed by atoms with Crippen molar-refractivity contribution >= 4 is 33.6 Å². The lowest BCUT2D eigenvalue weighted by atomic mass is 9.91. The van der Waals surface area contributed by atoms with Gasteiger partial charge in [0.25, 0.3) is 0 Å². The Morgan fingerprint density at radius 1 is 1.05 bits per heavy atom. The molecule has 8 rings (SSSR count). The molecule has 37 heavy (non-hydrogen) atoms. The van der Waals surface area contributed by atoms with E-state index in [1.807, 2.05) is 19.9 Å². The van der Waals surface area contributed by atoms with Crippen molar-refractivity contribution in [1.29, 1.82) is 0 Å². The summed E-state index contributed by atoms with van der Waals surface area (Å²) in [5, 5.41) is 2.07. The molecule has 0 amide bonds. The van der Waals surface area contributed by atoms with Crippen molar-refractivity contribution in [3.63, 3.8) is 0 Å². The highest BCUT2D eigenvalue weighted by molar-refractivity contribution is 5.86. The number of pyridine rings is 1. The van der Waals surface area contributed by atoms with Gasteiger partial charge in [-0.15, -0.1) is 0 Å². The summed E-state index contributed by atoms with van der Waals surface area (Å²) in [6.07, 6.45) is 9.28. The Hall–Kier alpha value is -3.23. The molecule has 0 unspecified atom stereocenters. The smallest absolute Gasteiger partial charge is 0.163 e. The van der Waals surface area contributed by atoms with E-state index < -0.39 is 5.79 Å². The van der Waals surface area contributed by atoms with Gasteiger partial charge >= 0.3 is 0 Å². The van der Waals surface area contributed by atoms with Crippen molar-refractivity contribution in [2.24, 2.45) is 11.3 Å². The topological polar surface area (TPSA) is 114 Å². The third kappa shape index (κ3) is 3.18. The highest BCUT2D eigenvalue weighted by Crippen LogP contribution is 2.73. The number of hydrogen-bond donors (Lipinski definition) is 2. The molecular formula is C29H32N6O2. The van der Waals surface area contributed by atoms with E-state index in [-0.39, 0.29) is 23.7 Å². The van der Waals surface area contributed by atoms with Crippen LogP contribution in [0.25, 0.3) is 21.9 Å². The van der Waals surface area contributed by atoms with Crippen molar-refractivity contribution in [1.82, 2.24) is 19.5 Å². The van der Waals surface area contributed by atoms with E-state index in [2.05, 4.69) is 45.0 Å². The lowest BCUT2D eigenvalue weighted by molar-refractivity contribution is -0.161. The highest BCUT2D eigenvalue weighted by Gasteiger charge is 2.75. The molecule has 3 aliphatic carbocycles. The van der Waals surface area contributed by atoms with Crippen LogP contribution >= 0.6 is 0 Å². The Balaban J connectivity index is 1.10. The third-order valence-electron chi connectivity index (χ3n) is 9.32. The van der Waals surface area contributed by atoms with E-state index >= 15 is 0 Å². The van der Waals surface area contributed by atoms with Crippen LogP contribution < -0.4 is 11.5 Å². The molecule has 0 spiro atoms. The molecule has 3 saturated carbocycles. The molecule has 3 aromatic heterocycles. The van der Waals surface area contributed by atoms with Gasteiger partial charge in [0.2, 0.25) is 0 Å². The van der Waals surface area contributed by atoms with Gasteiger partial charge in [0.1, 0.15) is 29.7 Å². The first-order chi connectivity index (χ1) is 17.8. The van der Waals surface area contributed by atoms with E-state index in [0.717, 1.165) is 35.8 Å². The fourth-order valence-electron chi connectivity index (χ4n) is 7.36. The number of nitrogen functional groups attached to an aromatic ring is 2. The molecule has 1 aromatic carbocycles. The van der Waals surface area contributed by atoms with Crippen LogP contribution in [0, 0.1) is 11.3 Å². The average molecular weight is 497 g/mol. The second kappa shape index (κ2) is 7.20. The van der Waals surface area contributed by atoms with Crippen molar-refractivity contribution in [3.05, 3.63) is 54.0 Å². The van der Waals surface area contributed by atoms with Crippen LogP contribution in [0.1, 0.15) is 62.6 Å². The largest absolute Gasteiger partial charge is 0.383 e. The number of ether oxygens (including phenoxy) is 2. The minimum Gasteiger partial charge on any atom is -0.383 e. The summed E-state index contributed by atoms with van der Waals surface area (Å²) in [6.45, 7) is 4.05. The quantitative estimate of drug-likeness (QED) is 0.410.